The monoisotopic (exact) mass is 269 g/mol. The van der Waals surface area contributed by atoms with Crippen molar-refractivity contribution in [1.29, 1.82) is 0 Å². The lowest BCUT2D eigenvalue weighted by atomic mass is 10.2. The molecule has 18 heavy (non-hydrogen) atoms. The molecule has 1 aromatic carbocycles. The van der Waals surface area contributed by atoms with Crippen molar-refractivity contribution in [2.45, 2.75) is 31.9 Å². The van der Waals surface area contributed by atoms with Gasteiger partial charge in [-0.15, -0.1) is 0 Å². The van der Waals surface area contributed by atoms with Gasteiger partial charge < -0.3 is 14.8 Å². The first kappa shape index (κ1) is 13.7. The van der Waals surface area contributed by atoms with Gasteiger partial charge in [0.25, 0.3) is 0 Å². The molecule has 1 aliphatic rings. The Morgan fingerprint density at radius 3 is 2.83 bits per heavy atom. The molecule has 0 bridgehead atoms. The van der Waals surface area contributed by atoms with Gasteiger partial charge in [0.1, 0.15) is 11.9 Å². The van der Waals surface area contributed by atoms with E-state index in [0.717, 1.165) is 17.9 Å². The van der Waals surface area contributed by atoms with E-state index in [1.165, 1.54) is 12.8 Å². The standard InChI is InChI=1S/C14H20ClNO2/c1-10-3-6-14(13(15)7-10)18-12(9-17-2)8-16-11-4-5-11/h3,6-7,11-12,16H,4-5,8-9H2,1-2H3. The first-order chi connectivity index (χ1) is 8.69. The Balaban J connectivity index is 1.92. The number of rotatable bonds is 7. The Bertz CT molecular complexity index is 393. The van der Waals surface area contributed by atoms with E-state index in [2.05, 4.69) is 5.32 Å². The summed E-state index contributed by atoms with van der Waals surface area (Å²) in [5.41, 5.74) is 1.13. The highest BCUT2D eigenvalue weighted by Crippen LogP contribution is 2.26. The summed E-state index contributed by atoms with van der Waals surface area (Å²) in [5.74, 6) is 0.724. The number of hydrogen-bond acceptors (Lipinski definition) is 3. The van der Waals surface area contributed by atoms with Gasteiger partial charge in [0.05, 0.1) is 11.6 Å². The van der Waals surface area contributed by atoms with Gasteiger partial charge in [-0.2, -0.15) is 0 Å². The summed E-state index contributed by atoms with van der Waals surface area (Å²) < 4.78 is 11.1. The Kier molecular flexibility index (Phi) is 4.87. The molecule has 0 saturated heterocycles. The number of aryl methyl sites for hydroxylation is 1. The van der Waals surface area contributed by atoms with Crippen LogP contribution in [-0.4, -0.2) is 32.4 Å². The van der Waals surface area contributed by atoms with Gasteiger partial charge in [-0.1, -0.05) is 17.7 Å². The zero-order valence-corrected chi connectivity index (χ0v) is 11.7. The molecule has 3 nitrogen and oxygen atoms in total. The average molecular weight is 270 g/mol. The van der Waals surface area contributed by atoms with Crippen LogP contribution in [0.2, 0.25) is 5.02 Å². The van der Waals surface area contributed by atoms with Gasteiger partial charge in [0, 0.05) is 19.7 Å². The molecule has 1 aliphatic carbocycles. The number of hydrogen-bond donors (Lipinski definition) is 1. The van der Waals surface area contributed by atoms with Crippen LogP contribution in [0.1, 0.15) is 18.4 Å². The molecule has 1 atom stereocenters. The Morgan fingerprint density at radius 2 is 2.22 bits per heavy atom. The highest BCUT2D eigenvalue weighted by atomic mass is 35.5. The first-order valence-corrected chi connectivity index (χ1v) is 6.72. The smallest absolute Gasteiger partial charge is 0.138 e. The van der Waals surface area contributed by atoms with E-state index in [1.807, 2.05) is 25.1 Å². The molecule has 0 spiro atoms. The van der Waals surface area contributed by atoms with Crippen LogP contribution >= 0.6 is 11.6 Å². The van der Waals surface area contributed by atoms with Crippen LogP contribution in [0.4, 0.5) is 0 Å². The summed E-state index contributed by atoms with van der Waals surface area (Å²) in [6.07, 6.45) is 2.53. The molecule has 1 fully saturated rings. The molecule has 0 heterocycles. The van der Waals surface area contributed by atoms with Gasteiger partial charge in [-0.25, -0.2) is 0 Å². The maximum atomic E-state index is 6.16. The molecule has 1 saturated carbocycles. The van der Waals surface area contributed by atoms with Gasteiger partial charge in [-0.3, -0.25) is 0 Å². The minimum Gasteiger partial charge on any atom is -0.485 e. The highest BCUT2D eigenvalue weighted by molar-refractivity contribution is 6.32. The Labute approximate surface area is 113 Å². The molecule has 0 aromatic heterocycles. The quantitative estimate of drug-likeness (QED) is 0.826. The third-order valence-electron chi connectivity index (χ3n) is 2.95. The number of nitrogens with one attached hydrogen (secondary N) is 1. The predicted molar refractivity (Wildman–Crippen MR) is 73.5 cm³/mol. The van der Waals surface area contributed by atoms with Crippen LogP contribution in [0.15, 0.2) is 18.2 Å². The molecular weight excluding hydrogens is 250 g/mol. The first-order valence-electron chi connectivity index (χ1n) is 6.34. The molecule has 0 radical (unpaired) electrons. The molecule has 0 aliphatic heterocycles. The summed E-state index contributed by atoms with van der Waals surface area (Å²) in [7, 11) is 1.68. The fourth-order valence-corrected chi connectivity index (χ4v) is 2.07. The van der Waals surface area contributed by atoms with E-state index >= 15 is 0 Å². The average Bonchev–Trinajstić information content (AvgIpc) is 3.13. The summed E-state index contributed by atoms with van der Waals surface area (Å²) in [6.45, 7) is 3.36. The van der Waals surface area contributed by atoms with Gasteiger partial charge in [0.2, 0.25) is 0 Å². The summed E-state index contributed by atoms with van der Waals surface area (Å²) in [6, 6.07) is 6.49. The van der Waals surface area contributed by atoms with Crippen molar-refractivity contribution < 1.29 is 9.47 Å². The van der Waals surface area contributed by atoms with Crippen molar-refractivity contribution in [3.05, 3.63) is 28.8 Å². The molecular formula is C14H20ClNO2. The lowest BCUT2D eigenvalue weighted by Gasteiger charge is -2.20. The fraction of sp³-hybridized carbons (Fsp3) is 0.571. The SMILES string of the molecule is COCC(CNC1CC1)Oc1ccc(C)cc1Cl. The van der Waals surface area contributed by atoms with E-state index in [-0.39, 0.29) is 6.10 Å². The lowest BCUT2D eigenvalue weighted by Crippen LogP contribution is -2.36. The highest BCUT2D eigenvalue weighted by Gasteiger charge is 2.22. The number of halogens is 1. The summed E-state index contributed by atoms with van der Waals surface area (Å²) in [5, 5.41) is 4.10. The zero-order valence-electron chi connectivity index (χ0n) is 10.9. The molecule has 1 N–H and O–H groups in total. The second kappa shape index (κ2) is 6.41. The number of benzene rings is 1. The third-order valence-corrected chi connectivity index (χ3v) is 3.24. The van der Waals surface area contributed by atoms with Crippen LogP contribution in [0, 0.1) is 6.92 Å². The maximum absolute atomic E-state index is 6.16. The summed E-state index contributed by atoms with van der Waals surface area (Å²) in [4.78, 5) is 0. The normalized spacial score (nSPS) is 16.6. The van der Waals surface area contributed by atoms with Crippen molar-refractivity contribution in [2.24, 2.45) is 0 Å². The summed E-state index contributed by atoms with van der Waals surface area (Å²) >= 11 is 6.16. The Morgan fingerprint density at radius 1 is 1.44 bits per heavy atom. The van der Waals surface area contributed by atoms with Gasteiger partial charge in [-0.05, 0) is 37.5 Å². The van der Waals surface area contributed by atoms with E-state index in [9.17, 15) is 0 Å². The molecule has 1 unspecified atom stereocenters. The topological polar surface area (TPSA) is 30.5 Å². The number of ether oxygens (including phenoxy) is 2. The zero-order chi connectivity index (χ0) is 13.0. The third kappa shape index (κ3) is 4.16. The van der Waals surface area contributed by atoms with Crippen molar-refractivity contribution in [2.75, 3.05) is 20.3 Å². The molecule has 4 heteroatoms. The predicted octanol–water partition coefficient (Wildman–Crippen LogP) is 2.79. The van der Waals surface area contributed by atoms with Gasteiger partial charge in [0.15, 0.2) is 0 Å². The van der Waals surface area contributed by atoms with E-state index < -0.39 is 0 Å². The number of methoxy groups -OCH3 is 1. The minimum absolute atomic E-state index is 0.00388. The van der Waals surface area contributed by atoms with Crippen LogP contribution in [0.5, 0.6) is 5.75 Å². The van der Waals surface area contributed by atoms with E-state index in [0.29, 0.717) is 17.7 Å². The van der Waals surface area contributed by atoms with E-state index in [4.69, 9.17) is 21.1 Å². The fourth-order valence-electron chi connectivity index (χ4n) is 1.79. The largest absolute Gasteiger partial charge is 0.485 e. The molecule has 0 amide bonds. The van der Waals surface area contributed by atoms with Gasteiger partial charge >= 0.3 is 0 Å². The minimum atomic E-state index is -0.00388. The van der Waals surface area contributed by atoms with Crippen LogP contribution in [0.25, 0.3) is 0 Å². The lowest BCUT2D eigenvalue weighted by molar-refractivity contribution is 0.0804. The maximum Gasteiger partial charge on any atom is 0.138 e. The van der Waals surface area contributed by atoms with Crippen molar-refractivity contribution in [3.63, 3.8) is 0 Å². The molecule has 100 valence electrons. The van der Waals surface area contributed by atoms with Crippen LogP contribution in [0.3, 0.4) is 0 Å². The second-order valence-electron chi connectivity index (χ2n) is 4.81. The molecule has 2 rings (SSSR count). The van der Waals surface area contributed by atoms with Crippen molar-refractivity contribution >= 4 is 11.6 Å². The second-order valence-corrected chi connectivity index (χ2v) is 5.22. The van der Waals surface area contributed by atoms with Crippen LogP contribution < -0.4 is 10.1 Å². The Hall–Kier alpha value is -0.770. The van der Waals surface area contributed by atoms with Crippen molar-refractivity contribution in [1.82, 2.24) is 5.32 Å². The van der Waals surface area contributed by atoms with E-state index in [1.54, 1.807) is 7.11 Å². The van der Waals surface area contributed by atoms with Crippen LogP contribution in [-0.2, 0) is 4.74 Å². The van der Waals surface area contributed by atoms with Crippen molar-refractivity contribution in [3.8, 4) is 5.75 Å². The molecule has 1 aromatic rings.